The van der Waals surface area contributed by atoms with E-state index in [1.807, 2.05) is 42.5 Å². The smallest absolute Gasteiger partial charge is 0.337 e. The molecule has 0 aliphatic heterocycles. The van der Waals surface area contributed by atoms with Crippen LogP contribution in [0.15, 0.2) is 59.1 Å². The predicted molar refractivity (Wildman–Crippen MR) is 115 cm³/mol. The number of ether oxygens (including phenoxy) is 3. The van der Waals surface area contributed by atoms with Crippen molar-refractivity contribution < 1.29 is 23.5 Å². The molecule has 0 bridgehead atoms. The van der Waals surface area contributed by atoms with Gasteiger partial charge in [0.15, 0.2) is 5.76 Å². The molecule has 2 aromatic carbocycles. The molecule has 0 amide bonds. The van der Waals surface area contributed by atoms with Gasteiger partial charge in [-0.1, -0.05) is 23.7 Å². The molecule has 3 rings (SSSR count). The van der Waals surface area contributed by atoms with Crippen molar-refractivity contribution in [2.24, 2.45) is 0 Å². The number of unbranched alkanes of at least 4 members (excludes halogenated alkanes) is 3. The second-order valence-corrected chi connectivity index (χ2v) is 6.93. The van der Waals surface area contributed by atoms with E-state index in [4.69, 9.17) is 18.7 Å². The van der Waals surface area contributed by atoms with Crippen molar-refractivity contribution in [1.29, 1.82) is 0 Å². The summed E-state index contributed by atoms with van der Waals surface area (Å²) in [6.07, 6.45) is 4.43. The molecule has 0 saturated carbocycles. The maximum Gasteiger partial charge on any atom is 0.337 e. The van der Waals surface area contributed by atoms with Gasteiger partial charge in [0.2, 0.25) is 0 Å². The Hall–Kier alpha value is -3.12. The lowest BCUT2D eigenvalue weighted by molar-refractivity contribution is 0.0600. The highest BCUT2D eigenvalue weighted by molar-refractivity contribution is 5.89. The summed E-state index contributed by atoms with van der Waals surface area (Å²) in [4.78, 5) is 11.5. The van der Waals surface area contributed by atoms with E-state index in [-0.39, 0.29) is 5.97 Å². The summed E-state index contributed by atoms with van der Waals surface area (Å²) in [6, 6.07) is 16.7. The van der Waals surface area contributed by atoms with E-state index in [2.05, 4.69) is 5.16 Å². The van der Waals surface area contributed by atoms with Gasteiger partial charge in [-0.05, 0) is 55.7 Å². The van der Waals surface area contributed by atoms with Gasteiger partial charge in [-0.25, -0.2) is 4.79 Å². The first-order chi connectivity index (χ1) is 14.7. The van der Waals surface area contributed by atoms with Crippen molar-refractivity contribution in [2.75, 3.05) is 27.4 Å². The Morgan fingerprint density at radius 3 is 2.20 bits per heavy atom. The Morgan fingerprint density at radius 1 is 0.867 bits per heavy atom. The summed E-state index contributed by atoms with van der Waals surface area (Å²) >= 11 is 0. The molecule has 158 valence electrons. The average molecular weight is 409 g/mol. The zero-order valence-corrected chi connectivity index (χ0v) is 17.4. The van der Waals surface area contributed by atoms with Gasteiger partial charge >= 0.3 is 5.97 Å². The van der Waals surface area contributed by atoms with Crippen LogP contribution in [0.25, 0.3) is 22.6 Å². The lowest BCUT2D eigenvalue weighted by Gasteiger charge is -2.06. The number of esters is 1. The fourth-order valence-corrected chi connectivity index (χ4v) is 3.05. The quantitative estimate of drug-likeness (QED) is 0.313. The van der Waals surface area contributed by atoms with Crippen LogP contribution in [-0.4, -0.2) is 38.6 Å². The van der Waals surface area contributed by atoms with Crippen LogP contribution in [0, 0.1) is 0 Å². The van der Waals surface area contributed by atoms with Crippen LogP contribution in [0.2, 0.25) is 0 Å². The molecule has 0 fully saturated rings. The fraction of sp³-hybridized carbons (Fsp3) is 0.333. The maximum absolute atomic E-state index is 11.5. The summed E-state index contributed by atoms with van der Waals surface area (Å²) < 4.78 is 21.1. The highest BCUT2D eigenvalue weighted by atomic mass is 16.5. The highest BCUT2D eigenvalue weighted by Crippen LogP contribution is 2.27. The van der Waals surface area contributed by atoms with Gasteiger partial charge in [-0.2, -0.15) is 0 Å². The van der Waals surface area contributed by atoms with Gasteiger partial charge in [0.1, 0.15) is 11.4 Å². The van der Waals surface area contributed by atoms with Crippen molar-refractivity contribution in [3.05, 3.63) is 60.2 Å². The molecule has 6 heteroatoms. The van der Waals surface area contributed by atoms with E-state index >= 15 is 0 Å². The van der Waals surface area contributed by atoms with Gasteiger partial charge in [0.25, 0.3) is 0 Å². The van der Waals surface area contributed by atoms with Crippen LogP contribution in [0.5, 0.6) is 5.75 Å². The van der Waals surface area contributed by atoms with Crippen LogP contribution in [0.4, 0.5) is 0 Å². The largest absolute Gasteiger partial charge is 0.494 e. The topological polar surface area (TPSA) is 70.8 Å². The molecule has 0 radical (unpaired) electrons. The number of methoxy groups -OCH3 is 2. The van der Waals surface area contributed by atoms with Gasteiger partial charge in [0.05, 0.1) is 19.3 Å². The zero-order chi connectivity index (χ0) is 21.2. The molecule has 0 atom stereocenters. The summed E-state index contributed by atoms with van der Waals surface area (Å²) in [5.74, 6) is 1.15. The minimum Gasteiger partial charge on any atom is -0.494 e. The SMILES string of the molecule is COCCCCCCOc1ccc(-c2cc(-c3ccc(C(=O)OC)cc3)no2)cc1. The lowest BCUT2D eigenvalue weighted by atomic mass is 10.1. The van der Waals surface area contributed by atoms with Crippen molar-refractivity contribution in [3.8, 4) is 28.3 Å². The minimum absolute atomic E-state index is 0.365. The number of rotatable bonds is 11. The van der Waals surface area contributed by atoms with Crippen molar-refractivity contribution in [1.82, 2.24) is 5.16 Å². The summed E-state index contributed by atoms with van der Waals surface area (Å²) in [7, 11) is 3.09. The van der Waals surface area contributed by atoms with E-state index in [9.17, 15) is 4.79 Å². The van der Waals surface area contributed by atoms with Crippen molar-refractivity contribution in [2.45, 2.75) is 25.7 Å². The maximum atomic E-state index is 11.5. The molecule has 0 spiro atoms. The molecule has 0 aliphatic carbocycles. The Morgan fingerprint density at radius 2 is 1.53 bits per heavy atom. The Balaban J connectivity index is 1.53. The zero-order valence-electron chi connectivity index (χ0n) is 17.4. The van der Waals surface area contributed by atoms with Crippen LogP contribution >= 0.6 is 0 Å². The fourth-order valence-electron chi connectivity index (χ4n) is 3.05. The normalized spacial score (nSPS) is 10.7. The average Bonchev–Trinajstić information content (AvgIpc) is 3.29. The molecule has 1 aromatic heterocycles. The van der Waals surface area contributed by atoms with Crippen LogP contribution in [0.3, 0.4) is 0 Å². The third-order valence-corrected chi connectivity index (χ3v) is 4.76. The molecular formula is C24H27NO5. The predicted octanol–water partition coefficient (Wildman–Crippen LogP) is 5.38. The number of hydrogen-bond acceptors (Lipinski definition) is 6. The van der Waals surface area contributed by atoms with Crippen LogP contribution in [0.1, 0.15) is 36.0 Å². The van der Waals surface area contributed by atoms with Gasteiger partial charge < -0.3 is 18.7 Å². The molecule has 3 aromatic rings. The first kappa shape index (κ1) is 21.6. The van der Waals surface area contributed by atoms with Gasteiger partial charge in [0, 0.05) is 30.9 Å². The van der Waals surface area contributed by atoms with Gasteiger partial charge in [-0.15, -0.1) is 0 Å². The van der Waals surface area contributed by atoms with E-state index in [0.717, 1.165) is 49.2 Å². The summed E-state index contributed by atoms with van der Waals surface area (Å²) in [5.41, 5.74) is 2.99. The standard InChI is InChI=1S/C24H27NO5/c1-27-15-5-3-4-6-16-29-21-13-11-19(12-14-21)23-17-22(25-30-23)18-7-9-20(10-8-18)24(26)28-2/h7-14,17H,3-6,15-16H2,1-2H3. The second-order valence-electron chi connectivity index (χ2n) is 6.93. The van der Waals surface area contributed by atoms with Crippen LogP contribution < -0.4 is 4.74 Å². The molecular weight excluding hydrogens is 382 g/mol. The number of carbonyl (C=O) groups excluding carboxylic acids is 1. The highest BCUT2D eigenvalue weighted by Gasteiger charge is 2.10. The van der Waals surface area contributed by atoms with Crippen molar-refractivity contribution >= 4 is 5.97 Å². The number of carbonyl (C=O) groups is 1. The van der Waals surface area contributed by atoms with E-state index in [1.165, 1.54) is 7.11 Å². The molecule has 0 N–H and O–H groups in total. The van der Waals surface area contributed by atoms with Gasteiger partial charge in [-0.3, -0.25) is 0 Å². The second kappa shape index (κ2) is 11.2. The molecule has 0 saturated heterocycles. The van der Waals surface area contributed by atoms with E-state index in [0.29, 0.717) is 23.6 Å². The molecule has 1 heterocycles. The van der Waals surface area contributed by atoms with Crippen molar-refractivity contribution in [3.63, 3.8) is 0 Å². The number of nitrogens with zero attached hydrogens (tertiary/aromatic N) is 1. The Kier molecular flexibility index (Phi) is 8.03. The molecule has 30 heavy (non-hydrogen) atoms. The minimum atomic E-state index is -0.365. The third kappa shape index (κ3) is 5.94. The first-order valence-corrected chi connectivity index (χ1v) is 10.1. The number of hydrogen-bond donors (Lipinski definition) is 0. The van der Waals surface area contributed by atoms with E-state index in [1.54, 1.807) is 19.2 Å². The lowest BCUT2D eigenvalue weighted by Crippen LogP contribution is -2.00. The monoisotopic (exact) mass is 409 g/mol. The van der Waals surface area contributed by atoms with E-state index < -0.39 is 0 Å². The number of aromatic nitrogens is 1. The third-order valence-electron chi connectivity index (χ3n) is 4.76. The molecule has 6 nitrogen and oxygen atoms in total. The van der Waals surface area contributed by atoms with Crippen LogP contribution in [-0.2, 0) is 9.47 Å². The molecule has 0 aliphatic rings. The molecule has 0 unspecified atom stereocenters. The summed E-state index contributed by atoms with van der Waals surface area (Å²) in [6.45, 7) is 1.53. The number of benzene rings is 2. The Labute approximate surface area is 176 Å². The Bertz CT molecular complexity index is 916. The summed E-state index contributed by atoms with van der Waals surface area (Å²) in [5, 5.41) is 4.14. The first-order valence-electron chi connectivity index (χ1n) is 10.1.